The molecule has 3 fully saturated rings. The Morgan fingerprint density at radius 1 is 1.15 bits per heavy atom. The smallest absolute Gasteiger partial charge is 0.342 e. The number of carbonyl (C=O) groups excluding carboxylic acids is 3. The summed E-state index contributed by atoms with van der Waals surface area (Å²) in [6.45, 7) is 5.03. The Balaban J connectivity index is 1.54. The fourth-order valence-electron chi connectivity index (χ4n) is 6.03. The summed E-state index contributed by atoms with van der Waals surface area (Å²) < 4.78 is 52.9. The molecule has 0 bridgehead atoms. The predicted octanol–water partition coefficient (Wildman–Crippen LogP) is 3.34. The second-order valence-electron chi connectivity index (χ2n) is 12.4. The van der Waals surface area contributed by atoms with Gasteiger partial charge in [-0.25, -0.2) is 14.6 Å². The van der Waals surface area contributed by atoms with Crippen molar-refractivity contribution < 1.29 is 47.2 Å². The van der Waals surface area contributed by atoms with Crippen LogP contribution in [0.2, 0.25) is 0 Å². The molecule has 16 nitrogen and oxygen atoms in total. The van der Waals surface area contributed by atoms with E-state index in [2.05, 4.69) is 32.1 Å². The van der Waals surface area contributed by atoms with Crippen LogP contribution in [-0.4, -0.2) is 89.4 Å². The van der Waals surface area contributed by atoms with E-state index in [0.29, 0.717) is 25.7 Å². The molecular formula is C29H45FN7O9P. The maximum atomic E-state index is 15.6. The Hall–Kier alpha value is -3.04. The number of hydrogen-bond donors (Lipinski definition) is 4. The number of rotatable bonds is 14. The number of carbonyl (C=O) groups is 3. The summed E-state index contributed by atoms with van der Waals surface area (Å²) in [7, 11) is -4.44. The van der Waals surface area contributed by atoms with E-state index in [9.17, 15) is 24.1 Å². The van der Waals surface area contributed by atoms with Crippen molar-refractivity contribution in [3.8, 4) is 0 Å². The Morgan fingerprint density at radius 2 is 1.68 bits per heavy atom. The highest BCUT2D eigenvalue weighted by Crippen LogP contribution is 2.44. The maximum absolute atomic E-state index is 15.6. The Kier molecular flexibility index (Phi) is 12.8. The van der Waals surface area contributed by atoms with Gasteiger partial charge in [-0.1, -0.05) is 24.5 Å². The number of halogens is 1. The molecule has 2 aliphatic heterocycles. The van der Waals surface area contributed by atoms with Gasteiger partial charge in [0.25, 0.3) is 5.91 Å². The van der Waals surface area contributed by atoms with Crippen LogP contribution in [0.15, 0.2) is 29.8 Å². The lowest BCUT2D eigenvalue weighted by molar-refractivity contribution is -0.152. The summed E-state index contributed by atoms with van der Waals surface area (Å²) in [5.74, 6) is -1.93. The lowest BCUT2D eigenvalue weighted by atomic mass is 9.97. The van der Waals surface area contributed by atoms with Gasteiger partial charge in [0.1, 0.15) is 41.8 Å². The molecule has 0 aromatic carbocycles. The van der Waals surface area contributed by atoms with Gasteiger partial charge < -0.3 is 34.1 Å². The molecule has 0 radical (unpaired) electrons. The highest BCUT2D eigenvalue weighted by Gasteiger charge is 2.58. The van der Waals surface area contributed by atoms with E-state index in [1.54, 1.807) is 0 Å². The summed E-state index contributed by atoms with van der Waals surface area (Å²) >= 11 is 0. The number of esters is 2. The van der Waals surface area contributed by atoms with Crippen LogP contribution in [0.3, 0.4) is 0 Å². The average Bonchev–Trinajstić information content (AvgIpc) is 3.29. The molecule has 2 saturated carbocycles. The van der Waals surface area contributed by atoms with Crippen LogP contribution in [0.1, 0.15) is 78.1 Å². The fourth-order valence-corrected chi connectivity index (χ4v) is 7.88. The minimum atomic E-state index is -4.44. The van der Waals surface area contributed by atoms with Crippen molar-refractivity contribution in [3.63, 3.8) is 0 Å². The molecule has 0 spiro atoms. The maximum Gasteiger partial charge on any atom is 0.342 e. The number of hydrogen-bond acceptors (Lipinski definition) is 11. The number of alkyl halides is 1. The Morgan fingerprint density at radius 3 is 2.17 bits per heavy atom. The first-order valence-corrected chi connectivity index (χ1v) is 17.7. The Bertz CT molecular complexity index is 1240. The fraction of sp³-hybridized carbons (Fsp3) is 0.759. The Labute approximate surface area is 272 Å². The molecule has 47 heavy (non-hydrogen) atoms. The predicted molar refractivity (Wildman–Crippen MR) is 165 cm³/mol. The van der Waals surface area contributed by atoms with Gasteiger partial charge in [0.2, 0.25) is 0 Å². The normalized spacial score (nSPS) is 29.7. The molecule has 1 saturated heterocycles. The number of nitrogens with one attached hydrogen (secondary N) is 3. The minimum absolute atomic E-state index is 0.0394. The molecular weight excluding hydrogens is 640 g/mol. The van der Waals surface area contributed by atoms with Crippen molar-refractivity contribution in [1.29, 1.82) is 0 Å². The van der Waals surface area contributed by atoms with E-state index in [4.69, 9.17) is 24.3 Å². The molecule has 2 unspecified atom stereocenters. The molecule has 2 heterocycles. The summed E-state index contributed by atoms with van der Waals surface area (Å²) in [4.78, 5) is 41.5. The van der Waals surface area contributed by atoms with Gasteiger partial charge in [0.05, 0.1) is 13.2 Å². The zero-order valence-corrected chi connectivity index (χ0v) is 27.6. The first-order chi connectivity index (χ1) is 22.4. The number of aliphatic hydroxyl groups is 1. The van der Waals surface area contributed by atoms with E-state index < -0.39 is 74.9 Å². The van der Waals surface area contributed by atoms with Gasteiger partial charge >= 0.3 is 19.6 Å². The number of ether oxygens (including phenoxy) is 3. The van der Waals surface area contributed by atoms with Crippen molar-refractivity contribution in [1.82, 2.24) is 20.4 Å². The standard InChI is InChI=1S/C29H45FN7O9P/c1-18(27(40)44-21-10-6-4-7-11-21)34-47(42,35-19(2)28(41)45-22-12-8-5-9-13-22)43-17-29(16-32-36-31)25(39)24(30)26(46-29)37-15-14-23(38)33-20(37)3/h14-15,18-19,21-22,24-26,39H,3-13,16-17H2,1-2H3,(H,33,38)(H2,34,35,42)/t18?,19?,24-,25+,26-,29-,47?/m1/s1. The van der Waals surface area contributed by atoms with Crippen molar-refractivity contribution >= 4 is 25.5 Å². The third-order valence-corrected chi connectivity index (χ3v) is 10.7. The molecule has 4 rings (SSSR count). The molecule has 4 N–H and O–H groups in total. The zero-order chi connectivity index (χ0) is 34.2. The largest absolute Gasteiger partial charge is 0.461 e. The number of azide groups is 1. The van der Waals surface area contributed by atoms with E-state index in [-0.39, 0.29) is 18.0 Å². The third-order valence-electron chi connectivity index (χ3n) is 8.70. The SMILES string of the molecule is C=C1NC(=O)C=CN1[C@@H]1O[C@](CN=[N+]=[N-])(COP(=O)(NC(C)C(=O)OC2CCCCC2)NC(C)C(=O)OC2CCCCC2)[C@@H](O)[C@H]1F. The van der Waals surface area contributed by atoms with E-state index in [0.717, 1.165) is 49.5 Å². The van der Waals surface area contributed by atoms with Crippen molar-refractivity contribution in [2.75, 3.05) is 13.2 Å². The molecule has 0 aromatic heterocycles. The molecule has 4 aliphatic rings. The quantitative estimate of drug-likeness (QED) is 0.0681. The highest BCUT2D eigenvalue weighted by molar-refractivity contribution is 7.54. The molecule has 6 atom stereocenters. The van der Waals surface area contributed by atoms with E-state index in [1.807, 2.05) is 0 Å². The second-order valence-corrected chi connectivity index (χ2v) is 14.3. The summed E-state index contributed by atoms with van der Waals surface area (Å²) in [6, 6.07) is -2.38. The topological polar surface area (TPSA) is 214 Å². The zero-order valence-electron chi connectivity index (χ0n) is 26.7. The van der Waals surface area contributed by atoms with Crippen LogP contribution in [0.25, 0.3) is 10.4 Å². The third kappa shape index (κ3) is 9.53. The van der Waals surface area contributed by atoms with E-state index in [1.165, 1.54) is 20.0 Å². The second kappa shape index (κ2) is 16.4. The van der Waals surface area contributed by atoms with Crippen LogP contribution in [0.5, 0.6) is 0 Å². The van der Waals surface area contributed by atoms with Gasteiger partial charge in [0.15, 0.2) is 12.4 Å². The van der Waals surface area contributed by atoms with Gasteiger partial charge in [-0.2, -0.15) is 0 Å². The first-order valence-electron chi connectivity index (χ1n) is 16.0. The van der Waals surface area contributed by atoms with E-state index >= 15 is 4.39 Å². The monoisotopic (exact) mass is 685 g/mol. The average molecular weight is 686 g/mol. The number of amides is 1. The van der Waals surface area contributed by atoms with Crippen LogP contribution < -0.4 is 15.5 Å². The van der Waals surface area contributed by atoms with Gasteiger partial charge in [-0.15, -0.1) is 0 Å². The lowest BCUT2D eigenvalue weighted by Crippen LogP contribution is -2.50. The molecule has 0 aromatic rings. The number of nitrogens with zero attached hydrogens (tertiary/aromatic N) is 4. The highest BCUT2D eigenvalue weighted by atomic mass is 31.2. The van der Waals surface area contributed by atoms with Crippen LogP contribution in [0, 0.1) is 0 Å². The van der Waals surface area contributed by atoms with Crippen LogP contribution in [0.4, 0.5) is 4.39 Å². The van der Waals surface area contributed by atoms with Crippen molar-refractivity contribution in [2.24, 2.45) is 5.11 Å². The molecule has 262 valence electrons. The van der Waals surface area contributed by atoms with Crippen LogP contribution in [-0.2, 0) is 37.7 Å². The van der Waals surface area contributed by atoms with Crippen LogP contribution >= 0.6 is 7.67 Å². The summed E-state index contributed by atoms with van der Waals surface area (Å²) in [5, 5.41) is 22.1. The van der Waals surface area contributed by atoms with Crippen molar-refractivity contribution in [3.05, 3.63) is 35.1 Å². The van der Waals surface area contributed by atoms with Crippen molar-refractivity contribution in [2.45, 2.75) is 126 Å². The minimum Gasteiger partial charge on any atom is -0.461 e. The summed E-state index contributed by atoms with van der Waals surface area (Å²) in [6.07, 6.45) is 4.68. The molecule has 2 aliphatic carbocycles. The van der Waals surface area contributed by atoms with Gasteiger partial charge in [0, 0.05) is 17.2 Å². The molecule has 1 amide bonds. The number of aliphatic hydroxyl groups excluding tert-OH is 1. The molecule has 18 heteroatoms. The van der Waals surface area contributed by atoms with Gasteiger partial charge in [-0.05, 0) is 70.7 Å². The summed E-state index contributed by atoms with van der Waals surface area (Å²) in [5.41, 5.74) is 6.96. The van der Waals surface area contributed by atoms with Gasteiger partial charge in [-0.3, -0.25) is 18.9 Å². The lowest BCUT2D eigenvalue weighted by Gasteiger charge is -2.35. The first kappa shape index (κ1) is 36.8.